The quantitative estimate of drug-likeness (QED) is 0.775. The van der Waals surface area contributed by atoms with Crippen molar-refractivity contribution in [2.24, 2.45) is 0 Å². The first-order chi connectivity index (χ1) is 11.0. The zero-order chi connectivity index (χ0) is 16.6. The summed E-state index contributed by atoms with van der Waals surface area (Å²) in [5.41, 5.74) is 2.47. The Morgan fingerprint density at radius 2 is 1.91 bits per heavy atom. The Kier molecular flexibility index (Phi) is 4.55. The monoisotopic (exact) mass is 438 g/mol. The molecule has 0 saturated carbocycles. The topological polar surface area (TPSA) is 63.6 Å². The predicted octanol–water partition coefficient (Wildman–Crippen LogP) is 4.20. The third-order valence-electron chi connectivity index (χ3n) is 3.79. The van der Waals surface area contributed by atoms with Crippen LogP contribution in [0.1, 0.15) is 27.4 Å². The van der Waals surface area contributed by atoms with E-state index in [4.69, 9.17) is 9.84 Å². The van der Waals surface area contributed by atoms with E-state index in [0.29, 0.717) is 26.7 Å². The standard InChI is InChI=1S/C17H12Br2O4/c18-15-12(23-8-13(20)21)7-10-6-11(9-4-2-1-3-5-9)17(22)14(10)16(15)19/h1-5,7,11H,6,8H2,(H,20,21). The van der Waals surface area contributed by atoms with E-state index in [1.165, 1.54) is 0 Å². The molecule has 0 amide bonds. The Hall–Kier alpha value is -1.66. The summed E-state index contributed by atoms with van der Waals surface area (Å²) < 4.78 is 6.46. The van der Waals surface area contributed by atoms with Gasteiger partial charge in [0.1, 0.15) is 5.75 Å². The number of halogens is 2. The Morgan fingerprint density at radius 1 is 1.22 bits per heavy atom. The number of carbonyl (C=O) groups is 2. The lowest BCUT2D eigenvalue weighted by Gasteiger charge is -2.11. The zero-order valence-electron chi connectivity index (χ0n) is 11.9. The molecule has 1 atom stereocenters. The molecular formula is C17H12Br2O4. The summed E-state index contributed by atoms with van der Waals surface area (Å²) in [7, 11) is 0. The van der Waals surface area contributed by atoms with Gasteiger partial charge in [0.25, 0.3) is 0 Å². The van der Waals surface area contributed by atoms with E-state index in [0.717, 1.165) is 11.1 Å². The Balaban J connectivity index is 1.98. The van der Waals surface area contributed by atoms with Crippen molar-refractivity contribution in [3.8, 4) is 5.75 Å². The lowest BCUT2D eigenvalue weighted by Crippen LogP contribution is -2.10. The number of ketones is 1. The number of carboxylic acids is 1. The average Bonchev–Trinajstić information content (AvgIpc) is 2.87. The van der Waals surface area contributed by atoms with Gasteiger partial charge in [-0.1, -0.05) is 30.3 Å². The third-order valence-corrected chi connectivity index (χ3v) is 5.91. The Morgan fingerprint density at radius 3 is 2.57 bits per heavy atom. The molecule has 3 rings (SSSR count). The summed E-state index contributed by atoms with van der Waals surface area (Å²) in [5.74, 6) is -0.793. The number of Topliss-reactive ketones (excluding diaryl/α,β-unsaturated/α-hetero) is 1. The van der Waals surface area contributed by atoms with E-state index < -0.39 is 12.6 Å². The molecule has 1 aliphatic carbocycles. The van der Waals surface area contributed by atoms with Crippen LogP contribution in [0.2, 0.25) is 0 Å². The van der Waals surface area contributed by atoms with Crippen LogP contribution in [0, 0.1) is 0 Å². The van der Waals surface area contributed by atoms with Crippen molar-refractivity contribution in [1.29, 1.82) is 0 Å². The van der Waals surface area contributed by atoms with Crippen LogP contribution in [0.5, 0.6) is 5.75 Å². The second-order valence-electron chi connectivity index (χ2n) is 5.25. The number of hydrogen-bond acceptors (Lipinski definition) is 3. The van der Waals surface area contributed by atoms with Crippen LogP contribution in [0.3, 0.4) is 0 Å². The molecule has 0 aromatic heterocycles. The highest BCUT2D eigenvalue weighted by molar-refractivity contribution is 9.13. The van der Waals surface area contributed by atoms with Gasteiger partial charge in [0.05, 0.1) is 10.4 Å². The lowest BCUT2D eigenvalue weighted by molar-refractivity contribution is -0.139. The van der Waals surface area contributed by atoms with Gasteiger partial charge >= 0.3 is 5.97 Å². The molecule has 6 heteroatoms. The molecule has 0 heterocycles. The van der Waals surface area contributed by atoms with Crippen molar-refractivity contribution in [3.63, 3.8) is 0 Å². The van der Waals surface area contributed by atoms with Crippen molar-refractivity contribution >= 4 is 43.6 Å². The highest BCUT2D eigenvalue weighted by atomic mass is 79.9. The number of benzene rings is 2. The molecule has 0 saturated heterocycles. The zero-order valence-corrected chi connectivity index (χ0v) is 15.1. The van der Waals surface area contributed by atoms with Crippen molar-refractivity contribution < 1.29 is 19.4 Å². The van der Waals surface area contributed by atoms with E-state index in [2.05, 4.69) is 31.9 Å². The number of hydrogen-bond donors (Lipinski definition) is 1. The maximum atomic E-state index is 12.8. The minimum Gasteiger partial charge on any atom is -0.481 e. The molecule has 23 heavy (non-hydrogen) atoms. The van der Waals surface area contributed by atoms with Gasteiger partial charge in [-0.2, -0.15) is 0 Å². The van der Waals surface area contributed by atoms with Gasteiger partial charge in [-0.15, -0.1) is 0 Å². The SMILES string of the molecule is O=C(O)COc1cc2c(c(Br)c1Br)C(=O)C(c1ccccc1)C2. The van der Waals surface area contributed by atoms with Gasteiger partial charge in [-0.3, -0.25) is 4.79 Å². The molecule has 0 spiro atoms. The van der Waals surface area contributed by atoms with Crippen molar-refractivity contribution in [2.75, 3.05) is 6.61 Å². The average molecular weight is 440 g/mol. The molecule has 0 fully saturated rings. The molecule has 0 aliphatic heterocycles. The lowest BCUT2D eigenvalue weighted by atomic mass is 9.95. The van der Waals surface area contributed by atoms with E-state index in [1.807, 2.05) is 30.3 Å². The van der Waals surface area contributed by atoms with Crippen LogP contribution in [0.15, 0.2) is 45.3 Å². The van der Waals surface area contributed by atoms with Crippen LogP contribution in [0.25, 0.3) is 0 Å². The molecule has 118 valence electrons. The van der Waals surface area contributed by atoms with E-state index in [-0.39, 0.29) is 11.7 Å². The Bertz CT molecular complexity index is 787. The number of fused-ring (bicyclic) bond motifs is 1. The fourth-order valence-corrected chi connectivity index (χ4v) is 3.84. The summed E-state index contributed by atoms with van der Waals surface area (Å²) in [6, 6.07) is 11.4. The molecule has 1 aliphatic rings. The number of carbonyl (C=O) groups excluding carboxylic acids is 1. The summed E-state index contributed by atoms with van der Waals surface area (Å²) in [5, 5.41) is 8.76. The smallest absolute Gasteiger partial charge is 0.341 e. The summed E-state index contributed by atoms with van der Waals surface area (Å²) in [6.45, 7) is -0.431. The number of carboxylic acid groups (broad SMARTS) is 1. The van der Waals surface area contributed by atoms with Crippen molar-refractivity contribution in [3.05, 3.63) is 62.0 Å². The van der Waals surface area contributed by atoms with E-state index in [9.17, 15) is 9.59 Å². The number of aliphatic carboxylic acids is 1. The van der Waals surface area contributed by atoms with Crippen LogP contribution < -0.4 is 4.74 Å². The second-order valence-corrected chi connectivity index (χ2v) is 6.84. The van der Waals surface area contributed by atoms with Gasteiger partial charge in [0, 0.05) is 10.0 Å². The molecule has 0 radical (unpaired) electrons. The normalized spacial score (nSPS) is 16.3. The molecule has 2 aromatic carbocycles. The molecule has 1 unspecified atom stereocenters. The molecule has 1 N–H and O–H groups in total. The second kappa shape index (κ2) is 6.45. The molecule has 0 bridgehead atoms. The minimum atomic E-state index is -1.05. The third kappa shape index (κ3) is 3.05. The van der Waals surface area contributed by atoms with E-state index >= 15 is 0 Å². The van der Waals surface area contributed by atoms with Crippen LogP contribution >= 0.6 is 31.9 Å². The first-order valence-corrected chi connectivity index (χ1v) is 8.52. The molecular weight excluding hydrogens is 428 g/mol. The van der Waals surface area contributed by atoms with Gasteiger partial charge in [0.15, 0.2) is 12.4 Å². The van der Waals surface area contributed by atoms with Gasteiger partial charge in [-0.25, -0.2) is 4.79 Å². The predicted molar refractivity (Wildman–Crippen MR) is 92.2 cm³/mol. The van der Waals surface area contributed by atoms with Crippen molar-refractivity contribution in [2.45, 2.75) is 12.3 Å². The highest BCUT2D eigenvalue weighted by Crippen LogP contribution is 2.44. The van der Waals surface area contributed by atoms with Crippen LogP contribution in [-0.2, 0) is 11.2 Å². The maximum Gasteiger partial charge on any atom is 0.341 e. The summed E-state index contributed by atoms with van der Waals surface area (Å²) >= 11 is 6.80. The summed E-state index contributed by atoms with van der Waals surface area (Å²) in [6.07, 6.45) is 0.577. The maximum absolute atomic E-state index is 12.8. The van der Waals surface area contributed by atoms with Crippen LogP contribution in [0.4, 0.5) is 0 Å². The number of ether oxygens (including phenoxy) is 1. The first-order valence-electron chi connectivity index (χ1n) is 6.93. The fraction of sp³-hybridized carbons (Fsp3) is 0.176. The minimum absolute atomic E-state index is 0.0589. The molecule has 4 nitrogen and oxygen atoms in total. The Labute approximate surface area is 149 Å². The van der Waals surface area contributed by atoms with Gasteiger partial charge < -0.3 is 9.84 Å². The van der Waals surface area contributed by atoms with Crippen molar-refractivity contribution in [1.82, 2.24) is 0 Å². The fourth-order valence-electron chi connectivity index (χ4n) is 2.77. The van der Waals surface area contributed by atoms with E-state index in [1.54, 1.807) is 6.07 Å². The highest BCUT2D eigenvalue weighted by Gasteiger charge is 2.35. The van der Waals surface area contributed by atoms with Gasteiger partial charge in [-0.05, 0) is 55.5 Å². The largest absolute Gasteiger partial charge is 0.481 e. The number of rotatable bonds is 4. The first kappa shape index (κ1) is 16.2. The van der Waals surface area contributed by atoms with Gasteiger partial charge in [0.2, 0.25) is 0 Å². The van der Waals surface area contributed by atoms with Crippen LogP contribution in [-0.4, -0.2) is 23.5 Å². The summed E-state index contributed by atoms with van der Waals surface area (Å²) in [4.78, 5) is 23.4. The molecule has 2 aromatic rings.